The van der Waals surface area contributed by atoms with Crippen molar-refractivity contribution in [3.05, 3.63) is 0 Å². The Balaban J connectivity index is 1.33. The molecular weight excluding hydrogens is 392 g/mol. The van der Waals surface area contributed by atoms with Crippen LogP contribution in [0.25, 0.3) is 0 Å². The van der Waals surface area contributed by atoms with Crippen molar-refractivity contribution in [3.63, 3.8) is 0 Å². The monoisotopic (exact) mass is 418 g/mol. The molecule has 3 rings (SSSR count). The number of ether oxygens (including phenoxy) is 3. The Hall–Kier alpha value is -1.68. The first kappa shape index (κ1) is 21.0. The number of hydrogen-bond acceptors (Lipinski definition) is 9. The minimum atomic E-state index is -3.55. The highest BCUT2D eigenvalue weighted by Gasteiger charge is 2.65. The molecule has 1 aliphatic heterocycles. The van der Waals surface area contributed by atoms with Crippen LogP contribution >= 0.6 is 0 Å². The van der Waals surface area contributed by atoms with Gasteiger partial charge >= 0.3 is 17.9 Å². The fraction of sp³-hybridized carbons (Fsp3) is 0.833. The van der Waals surface area contributed by atoms with Gasteiger partial charge in [-0.2, -0.15) is 8.42 Å². The van der Waals surface area contributed by atoms with Crippen molar-refractivity contribution in [1.82, 2.24) is 0 Å². The van der Waals surface area contributed by atoms with E-state index in [9.17, 15) is 22.8 Å². The van der Waals surface area contributed by atoms with Crippen LogP contribution in [0.2, 0.25) is 0 Å². The van der Waals surface area contributed by atoms with E-state index in [-0.39, 0.29) is 49.8 Å². The van der Waals surface area contributed by atoms with Gasteiger partial charge in [0.15, 0.2) is 0 Å². The van der Waals surface area contributed by atoms with Crippen molar-refractivity contribution in [1.29, 1.82) is 0 Å². The summed E-state index contributed by atoms with van der Waals surface area (Å²) in [6.45, 7) is 3.52. The molecular formula is C18H26O9S. The molecule has 9 nitrogen and oxygen atoms in total. The smallest absolute Gasteiger partial charge is 0.308 e. The number of esters is 3. The second-order valence-electron chi connectivity index (χ2n) is 7.64. The van der Waals surface area contributed by atoms with E-state index in [2.05, 4.69) is 0 Å². The Kier molecular flexibility index (Phi) is 6.28. The molecule has 0 amide bonds. The van der Waals surface area contributed by atoms with Crippen molar-refractivity contribution in [2.45, 2.75) is 63.4 Å². The first-order valence-electron chi connectivity index (χ1n) is 9.66. The molecule has 0 N–H and O–H groups in total. The summed E-state index contributed by atoms with van der Waals surface area (Å²) in [5.41, 5.74) is 0. The van der Waals surface area contributed by atoms with Crippen molar-refractivity contribution < 1.29 is 41.2 Å². The summed E-state index contributed by atoms with van der Waals surface area (Å²) in [4.78, 5) is 35.2. The normalized spacial score (nSPS) is 32.7. The van der Waals surface area contributed by atoms with Gasteiger partial charge in [0.1, 0.15) is 25.4 Å². The lowest BCUT2D eigenvalue weighted by Gasteiger charge is -2.24. The van der Waals surface area contributed by atoms with Crippen LogP contribution in [-0.4, -0.2) is 57.0 Å². The Morgan fingerprint density at radius 2 is 1.75 bits per heavy atom. The van der Waals surface area contributed by atoms with Gasteiger partial charge in [-0.15, -0.1) is 0 Å². The van der Waals surface area contributed by atoms with Crippen LogP contribution < -0.4 is 0 Å². The predicted octanol–water partition coefficient (Wildman–Crippen LogP) is 0.948. The maximum atomic E-state index is 12.0. The highest BCUT2D eigenvalue weighted by molar-refractivity contribution is 7.87. The summed E-state index contributed by atoms with van der Waals surface area (Å²) in [6.07, 6.45) is 0.324. The predicted molar refractivity (Wildman–Crippen MR) is 94.3 cm³/mol. The first-order chi connectivity index (χ1) is 13.2. The summed E-state index contributed by atoms with van der Waals surface area (Å²) >= 11 is 0. The summed E-state index contributed by atoms with van der Waals surface area (Å²) in [5, 5.41) is -0.471. The van der Waals surface area contributed by atoms with Crippen LogP contribution in [0, 0.1) is 17.8 Å². The van der Waals surface area contributed by atoms with E-state index in [0.29, 0.717) is 19.3 Å². The van der Waals surface area contributed by atoms with E-state index in [1.165, 1.54) is 0 Å². The second-order valence-corrected chi connectivity index (χ2v) is 9.42. The van der Waals surface area contributed by atoms with Crippen molar-refractivity contribution >= 4 is 28.0 Å². The Morgan fingerprint density at radius 1 is 1.07 bits per heavy atom. The Morgan fingerprint density at radius 3 is 2.46 bits per heavy atom. The van der Waals surface area contributed by atoms with Crippen LogP contribution in [0.4, 0.5) is 0 Å². The molecule has 0 aromatic rings. The minimum absolute atomic E-state index is 0.00613. The highest BCUT2D eigenvalue weighted by atomic mass is 32.2. The van der Waals surface area contributed by atoms with Crippen molar-refractivity contribution in [2.75, 3.05) is 13.2 Å². The SMILES string of the molecule is CCC(C)C(=O)OCCOC(=O)CCC(=O)OC1C2CC3C1OS(=O)(=O)C3C2. The van der Waals surface area contributed by atoms with Gasteiger partial charge in [-0.25, -0.2) is 0 Å². The quantitative estimate of drug-likeness (QED) is 0.233. The standard InChI is InChI=1S/C18H26O9S/c1-3-10(2)18(21)25-7-6-24-14(19)4-5-15(20)26-16-11-8-12-13(9-11)28(22,23)27-17(12)16/h10-13,16-17H,3-9H2,1-2H3. The second kappa shape index (κ2) is 8.36. The molecule has 28 heavy (non-hydrogen) atoms. The number of carbonyl (C=O) groups is 3. The summed E-state index contributed by atoms with van der Waals surface area (Å²) in [7, 11) is -3.55. The average Bonchev–Trinajstić information content (AvgIpc) is 3.27. The third kappa shape index (κ3) is 4.32. The van der Waals surface area contributed by atoms with E-state index in [1.807, 2.05) is 6.92 Å². The third-order valence-corrected chi connectivity index (χ3v) is 7.59. The number of hydrogen-bond donors (Lipinski definition) is 0. The van der Waals surface area contributed by atoms with E-state index in [0.717, 1.165) is 0 Å². The molecule has 3 aliphatic rings. The lowest BCUT2D eigenvalue weighted by Crippen LogP contribution is -2.37. The zero-order valence-electron chi connectivity index (χ0n) is 16.0. The van der Waals surface area contributed by atoms with E-state index in [4.69, 9.17) is 18.4 Å². The van der Waals surface area contributed by atoms with Gasteiger partial charge in [0.25, 0.3) is 10.1 Å². The highest BCUT2D eigenvalue weighted by Crippen LogP contribution is 2.55. The van der Waals surface area contributed by atoms with Crippen LogP contribution in [0.3, 0.4) is 0 Å². The molecule has 3 fully saturated rings. The lowest BCUT2D eigenvalue weighted by molar-refractivity contribution is -0.160. The summed E-state index contributed by atoms with van der Waals surface area (Å²) in [6, 6.07) is 0. The van der Waals surface area contributed by atoms with Crippen LogP contribution in [0.15, 0.2) is 0 Å². The van der Waals surface area contributed by atoms with Gasteiger partial charge in [-0.3, -0.25) is 18.6 Å². The van der Waals surface area contributed by atoms with Gasteiger partial charge in [-0.1, -0.05) is 13.8 Å². The number of rotatable bonds is 9. The molecule has 6 unspecified atom stereocenters. The molecule has 0 aromatic heterocycles. The van der Waals surface area contributed by atoms with Crippen LogP contribution in [-0.2, 0) is 42.9 Å². The molecule has 6 atom stereocenters. The van der Waals surface area contributed by atoms with Gasteiger partial charge in [0.05, 0.1) is 24.0 Å². The fourth-order valence-electron chi connectivity index (χ4n) is 4.14. The molecule has 10 heteroatoms. The molecule has 158 valence electrons. The maximum absolute atomic E-state index is 12.0. The molecule has 2 saturated carbocycles. The maximum Gasteiger partial charge on any atom is 0.308 e. The Labute approximate surface area is 164 Å². The molecule has 0 aromatic carbocycles. The first-order valence-corrected chi connectivity index (χ1v) is 11.1. The van der Waals surface area contributed by atoms with Crippen molar-refractivity contribution in [2.24, 2.45) is 17.8 Å². The molecule has 0 spiro atoms. The number of fused-ring (bicyclic) bond motifs is 1. The largest absolute Gasteiger partial charge is 0.462 e. The third-order valence-electron chi connectivity index (χ3n) is 5.82. The number of carbonyl (C=O) groups excluding carboxylic acids is 3. The molecule has 2 bridgehead atoms. The molecule has 1 heterocycles. The van der Waals surface area contributed by atoms with E-state index >= 15 is 0 Å². The van der Waals surface area contributed by atoms with Gasteiger partial charge in [0, 0.05) is 11.8 Å². The van der Waals surface area contributed by atoms with Crippen LogP contribution in [0.1, 0.15) is 46.0 Å². The summed E-state index contributed by atoms with van der Waals surface area (Å²) in [5.74, 6) is -1.83. The van der Waals surface area contributed by atoms with Gasteiger partial charge < -0.3 is 14.2 Å². The lowest BCUT2D eigenvalue weighted by atomic mass is 9.94. The topological polar surface area (TPSA) is 122 Å². The van der Waals surface area contributed by atoms with Crippen LogP contribution in [0.5, 0.6) is 0 Å². The van der Waals surface area contributed by atoms with Crippen molar-refractivity contribution in [3.8, 4) is 0 Å². The Bertz CT molecular complexity index is 731. The van der Waals surface area contributed by atoms with Gasteiger partial charge in [-0.05, 0) is 19.3 Å². The molecule has 0 radical (unpaired) electrons. The zero-order chi connectivity index (χ0) is 20.5. The molecule has 1 saturated heterocycles. The average molecular weight is 418 g/mol. The molecule has 2 aliphatic carbocycles. The van der Waals surface area contributed by atoms with E-state index in [1.54, 1.807) is 6.92 Å². The fourth-order valence-corrected chi connectivity index (χ4v) is 6.02. The van der Waals surface area contributed by atoms with Gasteiger partial charge in [0.2, 0.25) is 0 Å². The van der Waals surface area contributed by atoms with E-state index < -0.39 is 39.5 Å². The summed E-state index contributed by atoms with van der Waals surface area (Å²) < 4.78 is 44.2. The minimum Gasteiger partial charge on any atom is -0.462 e. The zero-order valence-corrected chi connectivity index (χ0v) is 16.8.